The van der Waals surface area contributed by atoms with Gasteiger partial charge in [0.2, 0.25) is 0 Å². The summed E-state index contributed by atoms with van der Waals surface area (Å²) in [5.74, 6) is 2.41. The van der Waals surface area contributed by atoms with Gasteiger partial charge in [-0.1, -0.05) is 73.8 Å². The van der Waals surface area contributed by atoms with Gasteiger partial charge in [-0.2, -0.15) is 20.4 Å². The summed E-state index contributed by atoms with van der Waals surface area (Å²) in [6.07, 6.45) is 9.40. The minimum Gasteiger partial charge on any atom is -0.485 e. The van der Waals surface area contributed by atoms with E-state index in [1.54, 1.807) is 114 Å². The predicted octanol–water partition coefficient (Wildman–Crippen LogP) is 11.7. The van der Waals surface area contributed by atoms with Crippen molar-refractivity contribution >= 4 is 105 Å². The maximum atomic E-state index is 15.6. The molecule has 37 heteroatoms. The number of rotatable bonds is 26. The molecule has 3 aliphatic rings. The maximum absolute atomic E-state index is 15.6. The van der Waals surface area contributed by atoms with E-state index >= 15 is 4.39 Å². The Morgan fingerprint density at radius 3 is 1.28 bits per heavy atom. The van der Waals surface area contributed by atoms with E-state index in [0.717, 1.165) is 54.2 Å². The number of benzene rings is 2. The number of hydrazine groups is 1. The van der Waals surface area contributed by atoms with E-state index in [0.29, 0.717) is 86.3 Å². The third kappa shape index (κ3) is 24.7. The monoisotopic (exact) mass is 1710 g/mol. The van der Waals surface area contributed by atoms with Crippen molar-refractivity contribution in [3.8, 4) is 34.3 Å². The number of aldehydes is 1. The van der Waals surface area contributed by atoms with Gasteiger partial charge in [-0.15, -0.1) is 0 Å². The number of hydrogen-bond acceptors (Lipinski definition) is 28. The predicted molar refractivity (Wildman–Crippen MR) is 457 cm³/mol. The van der Waals surface area contributed by atoms with Crippen LogP contribution < -0.4 is 72.9 Å². The standard InChI is InChI=1S/C38H44FN7O5.C17H22ClN5O2.C14H17ClN4O3.C14H15ClN4O3/c1-23(47)50-21-28-27(10-8-11-32(28)46-36(49)34-24(19-41-46)16-25(17-29(34)39)37(2,3)4)30-18-31(35(48)44(7)43-30)42-33-13-12-26(20-40-33)51-38(5,6)22-45-14-9-15-45;1-17(2,11-23-7-4-8-23)25-12-5-6-15(19-10-12)20-13-9-14(18)21-22(3)16(13)24;2*1-14(2,8-20)22-9-4-5-12(16-7-9)17-10-6-11(15)18-19(3)13(10)21/h8,10-13,16-18,20,41H,9,14-15,19,21-22H2,1-7H3,(H,40,42);5-6,9-10H,4,7-8,11H2,1-3H3,(H,19,20);4-7,20H,8H2,1-3H3,(H,16,17);4-8H,1-3H3,(H,16,17). The number of amides is 1. The summed E-state index contributed by atoms with van der Waals surface area (Å²) in [4.78, 5) is 108. The van der Waals surface area contributed by atoms with Gasteiger partial charge < -0.3 is 50.1 Å². The first kappa shape index (κ1) is 90.5. The Morgan fingerprint density at radius 1 is 0.533 bits per heavy atom. The molecule has 33 nitrogen and oxygen atoms in total. The molecule has 636 valence electrons. The third-order valence-electron chi connectivity index (χ3n) is 18.5. The van der Waals surface area contributed by atoms with Crippen LogP contribution in [0.2, 0.25) is 15.5 Å². The van der Waals surface area contributed by atoms with Gasteiger partial charge in [-0.25, -0.2) is 53.5 Å². The van der Waals surface area contributed by atoms with Crippen LogP contribution in [-0.4, -0.2) is 160 Å². The molecule has 120 heavy (non-hydrogen) atoms. The molecule has 0 saturated carbocycles. The molecule has 3 aliphatic heterocycles. The fourth-order valence-electron chi connectivity index (χ4n) is 12.3. The molecule has 11 heterocycles. The van der Waals surface area contributed by atoms with Crippen LogP contribution in [0.5, 0.6) is 23.0 Å². The molecule has 0 spiro atoms. The largest absolute Gasteiger partial charge is 0.485 e. The zero-order chi connectivity index (χ0) is 87.3. The summed E-state index contributed by atoms with van der Waals surface area (Å²) in [6, 6.07) is 28.1. The Kier molecular flexibility index (Phi) is 29.1. The zero-order valence-corrected chi connectivity index (χ0v) is 71.8. The molecule has 2 aromatic carbocycles. The molecule has 13 rings (SSSR count). The molecule has 10 aromatic rings. The molecule has 0 bridgehead atoms. The number of nitrogens with one attached hydrogen (secondary N) is 5. The Labute approximate surface area is 707 Å². The number of fused-ring (bicyclic) bond motifs is 1. The van der Waals surface area contributed by atoms with Gasteiger partial charge in [0.15, 0.2) is 27.3 Å². The number of halogens is 4. The number of nitrogens with zero attached hydrogens (tertiary/aromatic N) is 15. The number of aromatic nitrogens is 12. The van der Waals surface area contributed by atoms with E-state index in [4.69, 9.17) is 58.5 Å². The minimum absolute atomic E-state index is 0.0269. The summed E-state index contributed by atoms with van der Waals surface area (Å²) >= 11 is 17.5. The number of ether oxygens (including phenoxy) is 5. The summed E-state index contributed by atoms with van der Waals surface area (Å²) in [5.41, 5.74) is 3.21. The van der Waals surface area contributed by atoms with Crippen LogP contribution in [0.3, 0.4) is 0 Å². The van der Waals surface area contributed by atoms with Crippen molar-refractivity contribution < 1.29 is 47.6 Å². The lowest BCUT2D eigenvalue weighted by Gasteiger charge is -2.38. The van der Waals surface area contributed by atoms with Crippen molar-refractivity contribution in [1.29, 1.82) is 0 Å². The molecule has 0 unspecified atom stereocenters. The Bertz CT molecular complexity index is 5580. The number of esters is 1. The van der Waals surface area contributed by atoms with Gasteiger partial charge in [0.1, 0.15) is 98.2 Å². The first-order valence-electron chi connectivity index (χ1n) is 38.2. The average Bonchev–Trinajstić information content (AvgIpc) is 0.793. The van der Waals surface area contributed by atoms with Crippen molar-refractivity contribution in [1.82, 2.24) is 74.3 Å². The van der Waals surface area contributed by atoms with E-state index in [-0.39, 0.29) is 85.5 Å². The summed E-state index contributed by atoms with van der Waals surface area (Å²) in [7, 11) is 6.09. The van der Waals surface area contributed by atoms with E-state index in [2.05, 4.69) is 90.7 Å². The first-order valence-corrected chi connectivity index (χ1v) is 39.3. The Balaban J connectivity index is 0.000000184. The highest BCUT2D eigenvalue weighted by molar-refractivity contribution is 6.30. The summed E-state index contributed by atoms with van der Waals surface area (Å²) in [5, 5.41) is 38.8. The van der Waals surface area contributed by atoms with Gasteiger partial charge in [0, 0.05) is 84.1 Å². The summed E-state index contributed by atoms with van der Waals surface area (Å²) in [6.45, 7) is 28.3. The van der Waals surface area contributed by atoms with Crippen LogP contribution in [0.4, 0.5) is 56.1 Å². The lowest BCUT2D eigenvalue weighted by molar-refractivity contribution is -0.142. The second-order valence-electron chi connectivity index (χ2n) is 31.9. The first-order chi connectivity index (χ1) is 56.5. The van der Waals surface area contributed by atoms with Crippen molar-refractivity contribution in [2.24, 2.45) is 28.2 Å². The Morgan fingerprint density at radius 2 is 0.925 bits per heavy atom. The van der Waals surface area contributed by atoms with Gasteiger partial charge in [0.05, 0.1) is 48.3 Å². The molecular formula is C83H98Cl3FN20O13. The van der Waals surface area contributed by atoms with Gasteiger partial charge in [-0.3, -0.25) is 43.4 Å². The van der Waals surface area contributed by atoms with Gasteiger partial charge >= 0.3 is 5.97 Å². The molecule has 1 amide bonds. The second kappa shape index (κ2) is 38.5. The van der Waals surface area contributed by atoms with E-state index in [9.17, 15) is 38.7 Å². The molecule has 6 N–H and O–H groups in total. The number of likely N-dealkylation sites (tertiary alicyclic amines) is 2. The van der Waals surface area contributed by atoms with Crippen LogP contribution in [0, 0.1) is 5.82 Å². The number of aliphatic hydroxyl groups excluding tert-OH is 1. The number of anilines is 9. The third-order valence-corrected chi connectivity index (χ3v) is 19.0. The molecule has 0 radical (unpaired) electrons. The SMILES string of the molecule is CC(=O)OCc1c(-c2cc(Nc3ccc(OC(C)(C)CN4CCC4)cn3)c(=O)n(C)n2)cccc1N1NCc2cc(C(C)(C)C)cc(F)c2C1=O.Cn1nc(Cl)cc(Nc2ccc(OC(C)(C)C=O)cn2)c1=O.Cn1nc(Cl)cc(Nc2ccc(OC(C)(C)CN3CCC3)cn2)c1=O.Cn1nc(Cl)cc(Nc2ccc(OC(C)(C)CO)cn2)c1=O. The molecule has 8 aromatic heterocycles. The molecular weight excluding hydrogens is 1610 g/mol. The number of carbonyl (C=O) groups excluding carboxylic acids is 3. The number of hydrogen-bond donors (Lipinski definition) is 6. The van der Waals surface area contributed by atoms with Crippen molar-refractivity contribution in [3.63, 3.8) is 0 Å². The smallest absolute Gasteiger partial charge is 0.302 e. The highest BCUT2D eigenvalue weighted by Gasteiger charge is 2.34. The Hall–Kier alpha value is -11.8. The fourth-order valence-corrected chi connectivity index (χ4v) is 13.0. The molecule has 2 saturated heterocycles. The lowest BCUT2D eigenvalue weighted by atomic mass is 9.84. The molecule has 0 aliphatic carbocycles. The number of carbonyl (C=O) groups is 3. The van der Waals surface area contributed by atoms with Crippen molar-refractivity contribution in [2.45, 2.75) is 137 Å². The van der Waals surface area contributed by atoms with Crippen LogP contribution in [-0.2, 0) is 61.1 Å². The molecule has 0 atom stereocenters. The highest BCUT2D eigenvalue weighted by atomic mass is 35.5. The maximum Gasteiger partial charge on any atom is 0.302 e. The topological polar surface area (TPSA) is 379 Å². The van der Waals surface area contributed by atoms with E-state index in [1.165, 1.54) is 91.9 Å². The van der Waals surface area contributed by atoms with Crippen LogP contribution >= 0.6 is 34.8 Å². The van der Waals surface area contributed by atoms with Crippen LogP contribution in [0.1, 0.15) is 123 Å². The van der Waals surface area contributed by atoms with Crippen LogP contribution in [0.15, 0.2) is 147 Å². The average molecular weight is 1710 g/mol. The number of aryl methyl sites for hydroxylation is 4. The number of pyridine rings is 4. The van der Waals surface area contributed by atoms with Crippen molar-refractivity contribution in [2.75, 3.05) is 72.2 Å². The quantitative estimate of drug-likeness (QED) is 0.0217. The van der Waals surface area contributed by atoms with Gasteiger partial charge in [-0.05, 0) is 178 Å². The minimum atomic E-state index is -0.925. The summed E-state index contributed by atoms with van der Waals surface area (Å²) < 4.78 is 48.9. The second-order valence-corrected chi connectivity index (χ2v) is 33.1. The lowest BCUT2D eigenvalue weighted by Crippen LogP contribution is -2.48. The van der Waals surface area contributed by atoms with E-state index < -0.39 is 40.1 Å². The van der Waals surface area contributed by atoms with Gasteiger partial charge in [0.25, 0.3) is 28.1 Å². The fraction of sp³-hybridized carbons (Fsp3) is 0.386. The molecule has 2 fully saturated rings. The van der Waals surface area contributed by atoms with Crippen LogP contribution in [0.25, 0.3) is 11.3 Å². The van der Waals surface area contributed by atoms with E-state index in [1.807, 2.05) is 46.8 Å². The highest BCUT2D eigenvalue weighted by Crippen LogP contribution is 2.37. The normalized spacial score (nSPS) is 13.5. The van der Waals surface area contributed by atoms with Crippen molar-refractivity contribution in [3.05, 3.63) is 213 Å². The zero-order valence-electron chi connectivity index (χ0n) is 69.5. The number of aliphatic hydroxyl groups is 1.